The normalized spacial score (nSPS) is 14.9. The molecule has 4 rings (SSSR count). The van der Waals surface area contributed by atoms with Crippen LogP contribution in [0.25, 0.3) is 11.6 Å². The number of carbonyl (C=O) groups is 1. The zero-order chi connectivity index (χ0) is 18.6. The number of rotatable bonds is 8. The van der Waals surface area contributed by atoms with Gasteiger partial charge in [-0.25, -0.2) is 0 Å². The van der Waals surface area contributed by atoms with E-state index in [2.05, 4.69) is 27.6 Å². The molecule has 1 unspecified atom stereocenters. The molecule has 140 valence electrons. The summed E-state index contributed by atoms with van der Waals surface area (Å²) >= 11 is 1.40. The Kier molecular flexibility index (Phi) is 5.29. The maximum Gasteiger partial charge on any atom is 0.230 e. The predicted octanol–water partition coefficient (Wildman–Crippen LogP) is 3.92. The number of furan rings is 1. The van der Waals surface area contributed by atoms with Gasteiger partial charge >= 0.3 is 0 Å². The molecule has 1 amide bonds. The highest BCUT2D eigenvalue weighted by molar-refractivity contribution is 7.99. The fourth-order valence-electron chi connectivity index (χ4n) is 3.18. The first-order chi connectivity index (χ1) is 13.3. The van der Waals surface area contributed by atoms with Crippen molar-refractivity contribution in [3.8, 4) is 11.6 Å². The topological polar surface area (TPSA) is 73.0 Å². The molecule has 1 saturated carbocycles. The van der Waals surface area contributed by atoms with Crippen molar-refractivity contribution in [1.29, 1.82) is 0 Å². The van der Waals surface area contributed by atoms with E-state index in [0.717, 1.165) is 5.16 Å². The van der Waals surface area contributed by atoms with Gasteiger partial charge in [0.15, 0.2) is 16.7 Å². The van der Waals surface area contributed by atoms with Crippen molar-refractivity contribution >= 4 is 17.7 Å². The zero-order valence-corrected chi connectivity index (χ0v) is 16.0. The maximum absolute atomic E-state index is 12.6. The number of amides is 1. The van der Waals surface area contributed by atoms with Crippen LogP contribution in [0.2, 0.25) is 0 Å². The van der Waals surface area contributed by atoms with Gasteiger partial charge in [0, 0.05) is 6.54 Å². The number of nitrogens with zero attached hydrogens (tertiary/aromatic N) is 3. The van der Waals surface area contributed by atoms with Gasteiger partial charge < -0.3 is 9.73 Å². The van der Waals surface area contributed by atoms with Crippen molar-refractivity contribution in [1.82, 2.24) is 20.1 Å². The molecule has 1 N–H and O–H groups in total. The lowest BCUT2D eigenvalue weighted by Gasteiger charge is -2.18. The molecule has 0 aliphatic heterocycles. The van der Waals surface area contributed by atoms with E-state index in [1.165, 1.54) is 30.2 Å². The van der Waals surface area contributed by atoms with Crippen LogP contribution in [-0.2, 0) is 11.3 Å². The van der Waals surface area contributed by atoms with Gasteiger partial charge in [-0.15, -0.1) is 10.2 Å². The molecule has 1 aliphatic rings. The molecule has 0 spiro atoms. The molecule has 0 bridgehead atoms. The van der Waals surface area contributed by atoms with Crippen LogP contribution in [0.1, 0.15) is 31.4 Å². The molecule has 27 heavy (non-hydrogen) atoms. The number of hydrogen-bond donors (Lipinski definition) is 1. The van der Waals surface area contributed by atoms with Gasteiger partial charge in [0.2, 0.25) is 5.91 Å². The highest BCUT2D eigenvalue weighted by Crippen LogP contribution is 2.41. The Labute approximate surface area is 162 Å². The minimum absolute atomic E-state index is 0.0194. The van der Waals surface area contributed by atoms with E-state index in [1.807, 2.05) is 41.8 Å². The number of nitrogens with one attached hydrogen (secondary N) is 1. The molecule has 2 aromatic heterocycles. The predicted molar refractivity (Wildman–Crippen MR) is 104 cm³/mol. The third-order valence-electron chi connectivity index (χ3n) is 4.68. The van der Waals surface area contributed by atoms with Crippen molar-refractivity contribution < 1.29 is 9.21 Å². The van der Waals surface area contributed by atoms with Gasteiger partial charge in [-0.2, -0.15) is 0 Å². The summed E-state index contributed by atoms with van der Waals surface area (Å²) in [6, 6.07) is 14.0. The van der Waals surface area contributed by atoms with Crippen LogP contribution in [0.5, 0.6) is 0 Å². The Morgan fingerprint density at radius 3 is 2.74 bits per heavy atom. The summed E-state index contributed by atoms with van der Waals surface area (Å²) in [5, 5.41) is 12.4. The lowest BCUT2D eigenvalue weighted by Crippen LogP contribution is -2.31. The molecule has 1 aromatic carbocycles. The highest BCUT2D eigenvalue weighted by atomic mass is 32.2. The quantitative estimate of drug-likeness (QED) is 0.598. The SMILES string of the molecule is CCn1c(SCC(=O)NC(c2ccccc2)C2CC2)nnc1-c1ccco1. The van der Waals surface area contributed by atoms with E-state index in [-0.39, 0.29) is 11.9 Å². The smallest absolute Gasteiger partial charge is 0.230 e. The molecule has 0 saturated heterocycles. The van der Waals surface area contributed by atoms with Crippen molar-refractivity contribution in [3.05, 3.63) is 54.3 Å². The standard InChI is InChI=1S/C20H22N4O2S/c1-2-24-19(16-9-6-12-26-16)22-23-20(24)27-13-17(25)21-18(15-10-11-15)14-7-4-3-5-8-14/h3-9,12,15,18H,2,10-11,13H2,1H3,(H,21,25). The van der Waals surface area contributed by atoms with E-state index in [0.29, 0.717) is 29.8 Å². The molecule has 7 heteroatoms. The summed E-state index contributed by atoms with van der Waals surface area (Å²) in [5.41, 5.74) is 1.18. The molecule has 3 aromatic rings. The number of thioether (sulfide) groups is 1. The molecular formula is C20H22N4O2S. The number of aromatic nitrogens is 3. The summed E-state index contributed by atoms with van der Waals surface area (Å²) in [4.78, 5) is 12.6. The van der Waals surface area contributed by atoms with E-state index in [4.69, 9.17) is 4.42 Å². The molecule has 1 atom stereocenters. The Morgan fingerprint density at radius 2 is 2.07 bits per heavy atom. The molecule has 0 radical (unpaired) electrons. The Hall–Kier alpha value is -2.54. The van der Waals surface area contributed by atoms with Gasteiger partial charge in [-0.3, -0.25) is 9.36 Å². The van der Waals surface area contributed by atoms with E-state index >= 15 is 0 Å². The van der Waals surface area contributed by atoms with Crippen LogP contribution in [-0.4, -0.2) is 26.4 Å². The first-order valence-electron chi connectivity index (χ1n) is 9.20. The average Bonchev–Trinajstić information content (AvgIpc) is 3.23. The second-order valence-electron chi connectivity index (χ2n) is 6.61. The van der Waals surface area contributed by atoms with Gasteiger partial charge in [0.1, 0.15) is 0 Å². The minimum atomic E-state index is 0.0194. The largest absolute Gasteiger partial charge is 0.461 e. The fraction of sp³-hybridized carbons (Fsp3) is 0.350. The van der Waals surface area contributed by atoms with Gasteiger partial charge in [-0.05, 0) is 43.4 Å². The monoisotopic (exact) mass is 382 g/mol. The van der Waals surface area contributed by atoms with Crippen molar-refractivity contribution in [2.24, 2.45) is 5.92 Å². The average molecular weight is 382 g/mol. The first kappa shape index (κ1) is 17.9. The van der Waals surface area contributed by atoms with Crippen LogP contribution in [0, 0.1) is 5.92 Å². The maximum atomic E-state index is 12.6. The van der Waals surface area contributed by atoms with Gasteiger partial charge in [-0.1, -0.05) is 42.1 Å². The molecule has 2 heterocycles. The van der Waals surface area contributed by atoms with Crippen LogP contribution in [0.3, 0.4) is 0 Å². The van der Waals surface area contributed by atoms with Crippen molar-refractivity contribution in [3.63, 3.8) is 0 Å². The summed E-state index contributed by atoms with van der Waals surface area (Å²) in [7, 11) is 0. The summed E-state index contributed by atoms with van der Waals surface area (Å²) in [6.07, 6.45) is 3.96. The highest BCUT2D eigenvalue weighted by Gasteiger charge is 2.33. The molecular weight excluding hydrogens is 360 g/mol. The third kappa shape index (κ3) is 4.08. The van der Waals surface area contributed by atoms with Crippen molar-refractivity contribution in [2.75, 3.05) is 5.75 Å². The number of benzene rings is 1. The first-order valence-corrected chi connectivity index (χ1v) is 10.2. The summed E-state index contributed by atoms with van der Waals surface area (Å²) in [5.74, 6) is 2.24. The minimum Gasteiger partial charge on any atom is -0.461 e. The molecule has 1 fully saturated rings. The third-order valence-corrected chi connectivity index (χ3v) is 5.64. The van der Waals surface area contributed by atoms with Gasteiger partial charge in [0.25, 0.3) is 0 Å². The summed E-state index contributed by atoms with van der Waals surface area (Å²) < 4.78 is 7.39. The Balaban J connectivity index is 1.41. The zero-order valence-electron chi connectivity index (χ0n) is 15.2. The number of carbonyl (C=O) groups excluding carboxylic acids is 1. The number of hydrogen-bond acceptors (Lipinski definition) is 5. The summed E-state index contributed by atoms with van der Waals surface area (Å²) in [6.45, 7) is 2.74. The molecule has 1 aliphatic carbocycles. The van der Waals surface area contributed by atoms with E-state index in [1.54, 1.807) is 6.26 Å². The molecule has 6 nitrogen and oxygen atoms in total. The van der Waals surface area contributed by atoms with Crippen LogP contribution < -0.4 is 5.32 Å². The fourth-order valence-corrected chi connectivity index (χ4v) is 3.99. The van der Waals surface area contributed by atoms with E-state index in [9.17, 15) is 4.79 Å². The second-order valence-corrected chi connectivity index (χ2v) is 7.55. The van der Waals surface area contributed by atoms with Crippen LogP contribution in [0.4, 0.5) is 0 Å². The lowest BCUT2D eigenvalue weighted by molar-refractivity contribution is -0.119. The van der Waals surface area contributed by atoms with Crippen LogP contribution >= 0.6 is 11.8 Å². The van der Waals surface area contributed by atoms with Gasteiger partial charge in [0.05, 0.1) is 18.1 Å². The second kappa shape index (κ2) is 8.00. The van der Waals surface area contributed by atoms with E-state index < -0.39 is 0 Å². The Bertz CT molecular complexity index is 888. The lowest BCUT2D eigenvalue weighted by atomic mass is 10.0. The Morgan fingerprint density at radius 1 is 1.26 bits per heavy atom. The van der Waals surface area contributed by atoms with Crippen molar-refractivity contribution in [2.45, 2.75) is 37.5 Å². The van der Waals surface area contributed by atoms with Crippen LogP contribution in [0.15, 0.2) is 58.3 Å².